The number of thioether (sulfide) groups is 1. The van der Waals surface area contributed by atoms with E-state index in [0.29, 0.717) is 0 Å². The first-order chi connectivity index (χ1) is 5.91. The van der Waals surface area contributed by atoms with Gasteiger partial charge in [0.1, 0.15) is 0 Å². The first kappa shape index (κ1) is 12.3. The Bertz CT molecular complexity index is 61.4. The summed E-state index contributed by atoms with van der Waals surface area (Å²) in [5, 5.41) is 0. The Balaban J connectivity index is 2.73. The van der Waals surface area contributed by atoms with Gasteiger partial charge in [0.15, 0.2) is 0 Å². The highest BCUT2D eigenvalue weighted by molar-refractivity contribution is 8.00. The molecular formula is C11H23S. The molecular weight excluding hydrogens is 164 g/mol. The third kappa shape index (κ3) is 10.3. The van der Waals surface area contributed by atoms with Crippen molar-refractivity contribution >= 4 is 11.8 Å². The summed E-state index contributed by atoms with van der Waals surface area (Å²) in [5.41, 5.74) is 0. The largest absolute Gasteiger partial charge is 0.161 e. The van der Waals surface area contributed by atoms with Crippen LogP contribution in [0.25, 0.3) is 0 Å². The van der Waals surface area contributed by atoms with Crippen molar-refractivity contribution in [2.45, 2.75) is 58.3 Å². The Kier molecular flexibility index (Phi) is 11.7. The fourth-order valence-electron chi connectivity index (χ4n) is 1.34. The van der Waals surface area contributed by atoms with Crippen molar-refractivity contribution < 1.29 is 0 Å². The van der Waals surface area contributed by atoms with E-state index in [1.807, 2.05) is 0 Å². The summed E-state index contributed by atoms with van der Waals surface area (Å²) in [6, 6.07) is 0. The van der Waals surface area contributed by atoms with Crippen LogP contribution in [0.5, 0.6) is 0 Å². The van der Waals surface area contributed by atoms with E-state index in [2.05, 4.69) is 13.2 Å². The molecule has 0 aromatic carbocycles. The minimum Gasteiger partial charge on any atom is -0.161 e. The lowest BCUT2D eigenvalue weighted by molar-refractivity contribution is 0.586. The van der Waals surface area contributed by atoms with E-state index < -0.39 is 0 Å². The second kappa shape index (κ2) is 11.4. The molecule has 1 radical (unpaired) electrons. The van der Waals surface area contributed by atoms with Crippen molar-refractivity contribution in [3.05, 3.63) is 6.26 Å². The maximum absolute atomic E-state index is 3.76. The van der Waals surface area contributed by atoms with Crippen molar-refractivity contribution in [3.8, 4) is 0 Å². The second-order valence-corrected chi connectivity index (χ2v) is 4.20. The molecule has 0 saturated carbocycles. The monoisotopic (exact) mass is 187 g/mol. The van der Waals surface area contributed by atoms with Crippen LogP contribution in [0.15, 0.2) is 0 Å². The van der Waals surface area contributed by atoms with Crippen molar-refractivity contribution in [1.82, 2.24) is 0 Å². The average molecular weight is 187 g/mol. The molecule has 0 bridgehead atoms. The van der Waals surface area contributed by atoms with Gasteiger partial charge in [-0.1, -0.05) is 51.9 Å². The molecule has 0 fully saturated rings. The molecule has 0 nitrogen and oxygen atoms in total. The standard InChI is InChI=1S/C11H23S/c1-3-4-5-6-7-8-9-10-11-12-2/h2-11H2,1H3. The molecule has 0 aliphatic rings. The predicted molar refractivity (Wildman–Crippen MR) is 60.4 cm³/mol. The minimum atomic E-state index is 1.25. The van der Waals surface area contributed by atoms with E-state index in [4.69, 9.17) is 0 Å². The normalized spacial score (nSPS) is 10.5. The van der Waals surface area contributed by atoms with Crippen LogP contribution in [0.2, 0.25) is 0 Å². The lowest BCUT2D eigenvalue weighted by Gasteiger charge is -1.99. The van der Waals surface area contributed by atoms with Crippen LogP contribution < -0.4 is 0 Å². The van der Waals surface area contributed by atoms with Crippen LogP contribution >= 0.6 is 11.8 Å². The smallest absolute Gasteiger partial charge is 0.00235 e. The summed E-state index contributed by atoms with van der Waals surface area (Å²) < 4.78 is 0. The highest BCUT2D eigenvalue weighted by Crippen LogP contribution is 2.09. The van der Waals surface area contributed by atoms with Crippen molar-refractivity contribution in [2.24, 2.45) is 0 Å². The van der Waals surface area contributed by atoms with Crippen LogP contribution in [0.3, 0.4) is 0 Å². The quantitative estimate of drug-likeness (QED) is 0.473. The van der Waals surface area contributed by atoms with Crippen LogP contribution in [-0.4, -0.2) is 5.75 Å². The summed E-state index contributed by atoms with van der Waals surface area (Å²) >= 11 is 1.72. The summed E-state index contributed by atoms with van der Waals surface area (Å²) in [6.07, 6.45) is 15.1. The molecule has 0 aliphatic carbocycles. The van der Waals surface area contributed by atoms with E-state index in [-0.39, 0.29) is 0 Å². The molecule has 0 heterocycles. The Hall–Kier alpha value is 0.350. The van der Waals surface area contributed by atoms with Gasteiger partial charge in [-0.2, -0.15) is 11.8 Å². The molecule has 0 saturated heterocycles. The molecule has 73 valence electrons. The zero-order valence-corrected chi connectivity index (χ0v) is 9.30. The maximum Gasteiger partial charge on any atom is 0.00235 e. The van der Waals surface area contributed by atoms with Gasteiger partial charge in [-0.25, -0.2) is 0 Å². The Morgan fingerprint density at radius 2 is 1.33 bits per heavy atom. The second-order valence-electron chi connectivity index (χ2n) is 3.38. The molecule has 0 atom stereocenters. The number of unbranched alkanes of at least 4 members (excludes halogenated alkanes) is 7. The number of hydrogen-bond acceptors (Lipinski definition) is 1. The van der Waals surface area contributed by atoms with Gasteiger partial charge in [0.25, 0.3) is 0 Å². The maximum atomic E-state index is 3.76. The van der Waals surface area contributed by atoms with E-state index >= 15 is 0 Å². The van der Waals surface area contributed by atoms with E-state index in [9.17, 15) is 0 Å². The molecule has 0 N–H and O–H groups in total. The fraction of sp³-hybridized carbons (Fsp3) is 0.909. The van der Waals surface area contributed by atoms with Crippen LogP contribution in [0, 0.1) is 6.26 Å². The van der Waals surface area contributed by atoms with Gasteiger partial charge in [0.05, 0.1) is 0 Å². The van der Waals surface area contributed by atoms with Crippen LogP contribution in [0.1, 0.15) is 58.3 Å². The van der Waals surface area contributed by atoms with Gasteiger partial charge in [-0.15, -0.1) is 0 Å². The third-order valence-corrected chi connectivity index (χ3v) is 2.72. The van der Waals surface area contributed by atoms with E-state index in [1.165, 1.54) is 57.1 Å². The predicted octanol–water partition coefficient (Wildman–Crippen LogP) is 4.65. The number of rotatable bonds is 9. The van der Waals surface area contributed by atoms with Crippen molar-refractivity contribution in [3.63, 3.8) is 0 Å². The molecule has 0 aliphatic heterocycles. The number of hydrogen-bond donors (Lipinski definition) is 0. The Morgan fingerprint density at radius 3 is 1.83 bits per heavy atom. The summed E-state index contributed by atoms with van der Waals surface area (Å²) in [6.45, 7) is 2.27. The molecule has 0 rings (SSSR count). The fourth-order valence-corrected chi connectivity index (χ4v) is 1.75. The molecule has 0 amide bonds. The van der Waals surface area contributed by atoms with Gasteiger partial charge >= 0.3 is 0 Å². The van der Waals surface area contributed by atoms with E-state index in [1.54, 1.807) is 11.8 Å². The van der Waals surface area contributed by atoms with Gasteiger partial charge < -0.3 is 0 Å². The van der Waals surface area contributed by atoms with E-state index in [0.717, 1.165) is 0 Å². The minimum absolute atomic E-state index is 1.25. The summed E-state index contributed by atoms with van der Waals surface area (Å²) in [5.74, 6) is 1.25. The summed E-state index contributed by atoms with van der Waals surface area (Å²) in [7, 11) is 0. The van der Waals surface area contributed by atoms with Crippen LogP contribution in [0.4, 0.5) is 0 Å². The molecule has 12 heavy (non-hydrogen) atoms. The molecule has 0 spiro atoms. The van der Waals surface area contributed by atoms with Gasteiger partial charge in [-0.3, -0.25) is 0 Å². The first-order valence-corrected chi connectivity index (χ1v) is 6.44. The molecule has 0 aromatic heterocycles. The van der Waals surface area contributed by atoms with Crippen molar-refractivity contribution in [2.75, 3.05) is 5.75 Å². The Morgan fingerprint density at radius 1 is 0.833 bits per heavy atom. The van der Waals surface area contributed by atoms with Gasteiger partial charge in [0, 0.05) is 6.26 Å². The van der Waals surface area contributed by atoms with Crippen LogP contribution in [-0.2, 0) is 0 Å². The highest BCUT2D eigenvalue weighted by atomic mass is 32.2. The molecule has 1 heteroatoms. The highest BCUT2D eigenvalue weighted by Gasteiger charge is 1.90. The Labute approximate surface area is 82.5 Å². The first-order valence-electron chi connectivity index (χ1n) is 5.28. The lowest BCUT2D eigenvalue weighted by Crippen LogP contribution is -1.81. The molecule has 0 aromatic rings. The van der Waals surface area contributed by atoms with Crippen molar-refractivity contribution in [1.29, 1.82) is 0 Å². The van der Waals surface area contributed by atoms with Gasteiger partial charge in [0.2, 0.25) is 0 Å². The SMILES string of the molecule is [CH2]SCCCCCCCCCC. The summed E-state index contributed by atoms with van der Waals surface area (Å²) in [4.78, 5) is 0. The zero-order chi connectivity index (χ0) is 9.07. The average Bonchev–Trinajstić information content (AvgIpc) is 2.10. The van der Waals surface area contributed by atoms with Gasteiger partial charge in [-0.05, 0) is 12.2 Å². The molecule has 0 unspecified atom stereocenters. The topological polar surface area (TPSA) is 0 Å². The third-order valence-electron chi connectivity index (χ3n) is 2.14. The zero-order valence-electron chi connectivity index (χ0n) is 8.48. The lowest BCUT2D eigenvalue weighted by atomic mass is 10.1.